The number of anilines is 1. The van der Waals surface area contributed by atoms with Crippen LogP contribution in [0.3, 0.4) is 0 Å². The van der Waals surface area contributed by atoms with E-state index >= 15 is 0 Å². The van der Waals surface area contributed by atoms with E-state index in [1.807, 2.05) is 11.8 Å². The zero-order valence-electron chi connectivity index (χ0n) is 13.3. The van der Waals surface area contributed by atoms with Crippen molar-refractivity contribution >= 4 is 11.6 Å². The van der Waals surface area contributed by atoms with Gasteiger partial charge in [-0.05, 0) is 12.0 Å². The lowest BCUT2D eigenvalue weighted by Crippen LogP contribution is -2.33. The molecule has 130 valence electrons. The van der Waals surface area contributed by atoms with Crippen LogP contribution >= 0.6 is 0 Å². The Morgan fingerprint density at radius 1 is 1.20 bits per heavy atom. The first-order valence-electron chi connectivity index (χ1n) is 7.82. The molecule has 10 heteroatoms. The van der Waals surface area contributed by atoms with Crippen molar-refractivity contribution in [1.29, 1.82) is 0 Å². The van der Waals surface area contributed by atoms with E-state index in [-0.39, 0.29) is 5.78 Å². The molecule has 0 N–H and O–H groups in total. The van der Waals surface area contributed by atoms with Gasteiger partial charge < -0.3 is 4.90 Å². The molecule has 7 nitrogen and oxygen atoms in total. The second-order valence-electron chi connectivity index (χ2n) is 5.75. The zero-order chi connectivity index (χ0) is 17.6. The molecule has 0 spiro atoms. The molecule has 25 heavy (non-hydrogen) atoms. The van der Waals surface area contributed by atoms with Crippen molar-refractivity contribution < 1.29 is 13.2 Å². The molecule has 0 atom stereocenters. The Bertz CT molecular complexity index is 935. The summed E-state index contributed by atoms with van der Waals surface area (Å²) < 4.78 is 40.8. The number of fused-ring (bicyclic) bond motifs is 2. The Morgan fingerprint density at radius 3 is 2.80 bits per heavy atom. The van der Waals surface area contributed by atoms with E-state index in [1.165, 1.54) is 10.8 Å². The lowest BCUT2D eigenvalue weighted by atomic mass is 10.1. The monoisotopic (exact) mass is 349 g/mol. The first-order chi connectivity index (χ1) is 12.0. The van der Waals surface area contributed by atoms with Crippen molar-refractivity contribution in [3.63, 3.8) is 0 Å². The minimum absolute atomic E-state index is 0.0763. The van der Waals surface area contributed by atoms with Gasteiger partial charge in [-0.3, -0.25) is 0 Å². The molecule has 0 aromatic carbocycles. The van der Waals surface area contributed by atoms with Crippen molar-refractivity contribution in [2.75, 3.05) is 11.4 Å². The van der Waals surface area contributed by atoms with Crippen molar-refractivity contribution in [1.82, 2.24) is 29.5 Å². The largest absolute Gasteiger partial charge is 0.433 e. The number of aryl methyl sites for hydroxylation is 1. The van der Waals surface area contributed by atoms with Gasteiger partial charge in [-0.1, -0.05) is 6.92 Å². The number of alkyl halides is 3. The van der Waals surface area contributed by atoms with Crippen molar-refractivity contribution in [2.24, 2.45) is 0 Å². The molecular weight excluding hydrogens is 335 g/mol. The minimum atomic E-state index is -4.55. The third-order valence-electron chi connectivity index (χ3n) is 4.16. The Kier molecular flexibility index (Phi) is 3.55. The standard InChI is InChI=1S/C15H14F3N7/c1-2-12-19-6-9-3-4-24(7-10(9)22-12)13-5-11(15(16,17)18)23-14-20-8-21-25(13)14/h5-6,8H,2-4,7H2,1H3. The summed E-state index contributed by atoms with van der Waals surface area (Å²) in [4.78, 5) is 18.0. The van der Waals surface area contributed by atoms with Gasteiger partial charge >= 0.3 is 6.18 Å². The van der Waals surface area contributed by atoms with E-state index in [0.29, 0.717) is 31.7 Å². The first-order valence-corrected chi connectivity index (χ1v) is 7.82. The third kappa shape index (κ3) is 2.77. The quantitative estimate of drug-likeness (QED) is 0.705. The van der Waals surface area contributed by atoms with Crippen molar-refractivity contribution in [2.45, 2.75) is 32.5 Å². The van der Waals surface area contributed by atoms with Gasteiger partial charge in [-0.15, -0.1) is 0 Å². The Morgan fingerprint density at radius 2 is 2.04 bits per heavy atom. The summed E-state index contributed by atoms with van der Waals surface area (Å²) in [7, 11) is 0. The number of hydrogen-bond donors (Lipinski definition) is 0. The second kappa shape index (κ2) is 5.64. The van der Waals surface area contributed by atoms with Gasteiger partial charge in [-0.25, -0.2) is 15.0 Å². The fourth-order valence-electron chi connectivity index (χ4n) is 2.88. The van der Waals surface area contributed by atoms with Gasteiger partial charge in [0.2, 0.25) is 0 Å². The van der Waals surface area contributed by atoms with E-state index in [9.17, 15) is 13.2 Å². The van der Waals surface area contributed by atoms with Gasteiger partial charge in [0.1, 0.15) is 18.0 Å². The highest BCUT2D eigenvalue weighted by Crippen LogP contribution is 2.31. The smallest absolute Gasteiger partial charge is 0.350 e. The maximum atomic E-state index is 13.1. The molecule has 0 amide bonds. The lowest BCUT2D eigenvalue weighted by Gasteiger charge is -2.30. The van der Waals surface area contributed by atoms with Gasteiger partial charge in [0.05, 0.1) is 12.2 Å². The summed E-state index contributed by atoms with van der Waals surface area (Å²) in [6, 6.07) is 1.01. The average molecular weight is 349 g/mol. The lowest BCUT2D eigenvalue weighted by molar-refractivity contribution is -0.141. The fraction of sp³-hybridized carbons (Fsp3) is 0.400. The maximum absolute atomic E-state index is 13.1. The molecule has 0 saturated carbocycles. The number of nitrogens with zero attached hydrogens (tertiary/aromatic N) is 7. The Hall–Kier alpha value is -2.78. The highest BCUT2D eigenvalue weighted by molar-refractivity contribution is 5.49. The molecule has 1 aliphatic heterocycles. The Labute approximate surface area is 140 Å². The van der Waals surface area contributed by atoms with Gasteiger partial charge in [0.15, 0.2) is 5.69 Å². The van der Waals surface area contributed by atoms with Crippen LogP contribution in [0.15, 0.2) is 18.6 Å². The van der Waals surface area contributed by atoms with E-state index in [4.69, 9.17) is 0 Å². The van der Waals surface area contributed by atoms with Crippen LogP contribution < -0.4 is 4.90 Å². The molecule has 0 saturated heterocycles. The van der Waals surface area contributed by atoms with Crippen molar-refractivity contribution in [3.05, 3.63) is 41.4 Å². The maximum Gasteiger partial charge on any atom is 0.433 e. The van der Waals surface area contributed by atoms with E-state index in [0.717, 1.165) is 23.1 Å². The minimum Gasteiger partial charge on any atom is -0.350 e. The number of rotatable bonds is 2. The molecule has 0 aliphatic carbocycles. The molecule has 3 aromatic heterocycles. The first kappa shape index (κ1) is 15.7. The predicted molar refractivity (Wildman–Crippen MR) is 81.9 cm³/mol. The topological polar surface area (TPSA) is 72.1 Å². The molecule has 0 radical (unpaired) electrons. The van der Waals surface area contributed by atoms with Crippen LogP contribution in [0.5, 0.6) is 0 Å². The summed E-state index contributed by atoms with van der Waals surface area (Å²) in [5.41, 5.74) is 0.871. The molecule has 1 aliphatic rings. The average Bonchev–Trinajstić information content (AvgIpc) is 3.07. The normalized spacial score (nSPS) is 14.8. The van der Waals surface area contributed by atoms with Crippen LogP contribution in [0.4, 0.5) is 19.0 Å². The van der Waals surface area contributed by atoms with E-state index in [1.54, 1.807) is 6.20 Å². The number of aromatic nitrogens is 6. The van der Waals surface area contributed by atoms with Gasteiger partial charge in [0, 0.05) is 25.2 Å². The van der Waals surface area contributed by atoms with Crippen LogP contribution in [0, 0.1) is 0 Å². The highest BCUT2D eigenvalue weighted by Gasteiger charge is 2.35. The van der Waals surface area contributed by atoms with Gasteiger partial charge in [0.25, 0.3) is 5.78 Å². The molecule has 0 fully saturated rings. The number of halogens is 3. The van der Waals surface area contributed by atoms with Crippen LogP contribution in [0.25, 0.3) is 5.78 Å². The second-order valence-corrected chi connectivity index (χ2v) is 5.75. The summed E-state index contributed by atoms with van der Waals surface area (Å²) >= 11 is 0. The molecule has 3 aromatic rings. The third-order valence-corrected chi connectivity index (χ3v) is 4.16. The van der Waals surface area contributed by atoms with Crippen molar-refractivity contribution in [3.8, 4) is 0 Å². The van der Waals surface area contributed by atoms with Crippen LogP contribution in [0.2, 0.25) is 0 Å². The molecule has 4 heterocycles. The molecule has 0 bridgehead atoms. The van der Waals surface area contributed by atoms with Gasteiger partial charge in [-0.2, -0.15) is 27.8 Å². The fourth-order valence-corrected chi connectivity index (χ4v) is 2.88. The van der Waals surface area contributed by atoms with E-state index in [2.05, 4.69) is 25.0 Å². The Balaban J connectivity index is 1.78. The van der Waals surface area contributed by atoms with E-state index < -0.39 is 11.9 Å². The molecule has 4 rings (SSSR count). The zero-order valence-corrected chi connectivity index (χ0v) is 13.3. The van der Waals surface area contributed by atoms with Crippen LogP contribution in [-0.2, 0) is 25.6 Å². The predicted octanol–water partition coefficient (Wildman–Crippen LogP) is 2.06. The van der Waals surface area contributed by atoms with Crippen LogP contribution in [0.1, 0.15) is 29.7 Å². The summed E-state index contributed by atoms with van der Waals surface area (Å²) in [6.45, 7) is 2.89. The van der Waals surface area contributed by atoms with Crippen LogP contribution in [-0.4, -0.2) is 36.1 Å². The number of hydrogen-bond acceptors (Lipinski definition) is 6. The highest BCUT2D eigenvalue weighted by atomic mass is 19.4. The summed E-state index contributed by atoms with van der Waals surface area (Å²) in [5.74, 6) is 0.946. The summed E-state index contributed by atoms with van der Waals surface area (Å²) in [5, 5.41) is 4.01. The SMILES string of the molecule is CCc1ncc2c(n1)CN(c1cc(C(F)(F)F)nc3ncnn13)CC2. The molecular formula is C15H14F3N7. The summed E-state index contributed by atoms with van der Waals surface area (Å²) in [6.07, 6.45) is -0.195. The molecule has 0 unspecified atom stereocenters.